The first-order chi connectivity index (χ1) is 22.1. The van der Waals surface area contributed by atoms with E-state index < -0.39 is 18.2 Å². The van der Waals surface area contributed by atoms with Crippen LogP contribution in [0.5, 0.6) is 0 Å². The van der Waals surface area contributed by atoms with Crippen LogP contribution in [0.2, 0.25) is 10.0 Å². The van der Waals surface area contributed by atoms with Crippen LogP contribution in [0.3, 0.4) is 0 Å². The fourth-order valence-electron chi connectivity index (χ4n) is 3.53. The third kappa shape index (κ3) is 21.1. The number of ether oxygens (including phenoxy) is 4. The number of carbonyl (C=O) groups excluding carboxylic acids is 4. The highest BCUT2D eigenvalue weighted by atomic mass is 35.5. The zero-order chi connectivity index (χ0) is 34.0. The molecular formula is C34H46Cl2N2O8. The molecule has 0 aliphatic carbocycles. The van der Waals surface area contributed by atoms with Crippen LogP contribution in [0.15, 0.2) is 61.2 Å². The van der Waals surface area contributed by atoms with E-state index in [0.717, 1.165) is 63.9 Å². The standard InChI is InChI=1S/C18H26ClNO4.C16H20ClNO4/c1-3-14(2)17(21)23-12-6-4-5-7-13-24-18(22)20-16-10-8-15(19)9-11-16;1-2-15(19)21-11-5-3-4-6-12-22-16(20)18-14-9-7-13(17)8-10-14/h8-11,14H,3-7,12-13H2,1-2H3,(H,20,22);2,7-10H,1,3-6,11-12H2,(H,18,20). The Balaban J connectivity index is 0.000000462. The quantitative estimate of drug-likeness (QED) is 0.0650. The van der Waals surface area contributed by atoms with E-state index in [-0.39, 0.29) is 11.9 Å². The van der Waals surface area contributed by atoms with E-state index in [4.69, 9.17) is 42.1 Å². The Morgan fingerprint density at radius 1 is 0.652 bits per heavy atom. The number of hydrogen-bond acceptors (Lipinski definition) is 8. The fraction of sp³-hybridized carbons (Fsp3) is 0.471. The van der Waals surface area contributed by atoms with E-state index in [1.165, 1.54) is 0 Å². The Labute approximate surface area is 282 Å². The van der Waals surface area contributed by atoms with Crippen LogP contribution >= 0.6 is 23.2 Å². The maximum Gasteiger partial charge on any atom is 0.411 e. The van der Waals surface area contributed by atoms with Crippen LogP contribution in [0.25, 0.3) is 0 Å². The van der Waals surface area contributed by atoms with Crippen LogP contribution in [0.1, 0.15) is 71.6 Å². The van der Waals surface area contributed by atoms with Crippen molar-refractivity contribution in [3.05, 3.63) is 71.2 Å². The van der Waals surface area contributed by atoms with Gasteiger partial charge in [-0.3, -0.25) is 15.4 Å². The van der Waals surface area contributed by atoms with Crippen LogP contribution in [0.4, 0.5) is 21.0 Å². The van der Waals surface area contributed by atoms with Crippen molar-refractivity contribution < 1.29 is 38.1 Å². The van der Waals surface area contributed by atoms with E-state index in [2.05, 4.69) is 17.2 Å². The van der Waals surface area contributed by atoms with Gasteiger partial charge in [-0.15, -0.1) is 0 Å². The first-order valence-electron chi connectivity index (χ1n) is 15.5. The van der Waals surface area contributed by atoms with Crippen molar-refractivity contribution in [1.29, 1.82) is 0 Å². The van der Waals surface area contributed by atoms with Gasteiger partial charge in [0.2, 0.25) is 0 Å². The van der Waals surface area contributed by atoms with Crippen molar-refractivity contribution in [3.63, 3.8) is 0 Å². The summed E-state index contributed by atoms with van der Waals surface area (Å²) in [5.41, 5.74) is 1.28. The number of nitrogens with one attached hydrogen (secondary N) is 2. The van der Waals surface area contributed by atoms with Gasteiger partial charge >= 0.3 is 24.1 Å². The van der Waals surface area contributed by atoms with E-state index in [0.29, 0.717) is 47.8 Å². The highest BCUT2D eigenvalue weighted by Gasteiger charge is 2.11. The second-order valence-electron chi connectivity index (χ2n) is 10.2. The second kappa shape index (κ2) is 25.4. The van der Waals surface area contributed by atoms with Gasteiger partial charge in [-0.2, -0.15) is 0 Å². The Bertz CT molecular complexity index is 1180. The monoisotopic (exact) mass is 680 g/mol. The lowest BCUT2D eigenvalue weighted by Crippen LogP contribution is -2.15. The van der Waals surface area contributed by atoms with Crippen molar-refractivity contribution >= 4 is 58.7 Å². The average Bonchev–Trinajstić information content (AvgIpc) is 3.05. The highest BCUT2D eigenvalue weighted by Crippen LogP contribution is 2.15. The molecule has 46 heavy (non-hydrogen) atoms. The summed E-state index contributed by atoms with van der Waals surface area (Å²) in [6, 6.07) is 13.6. The number of esters is 2. The molecule has 12 heteroatoms. The third-order valence-electron chi connectivity index (χ3n) is 6.39. The molecule has 0 aromatic heterocycles. The number of hydrogen-bond donors (Lipinski definition) is 2. The molecule has 0 aliphatic rings. The summed E-state index contributed by atoms with van der Waals surface area (Å²) in [6.07, 6.45) is 7.84. The summed E-state index contributed by atoms with van der Waals surface area (Å²) in [7, 11) is 0. The number of benzene rings is 2. The SMILES string of the molecule is C=CC(=O)OCCCCCCOC(=O)Nc1ccc(Cl)cc1.CCC(C)C(=O)OCCCCCCOC(=O)Nc1ccc(Cl)cc1. The maximum atomic E-state index is 11.6. The highest BCUT2D eigenvalue weighted by molar-refractivity contribution is 6.30. The molecule has 0 saturated heterocycles. The van der Waals surface area contributed by atoms with Gasteiger partial charge in [0.05, 0.1) is 32.3 Å². The molecule has 10 nitrogen and oxygen atoms in total. The number of carbonyl (C=O) groups is 4. The minimum atomic E-state index is -0.484. The minimum Gasteiger partial charge on any atom is -0.465 e. The third-order valence-corrected chi connectivity index (χ3v) is 6.90. The topological polar surface area (TPSA) is 129 Å². The van der Waals surface area contributed by atoms with Crippen molar-refractivity contribution in [3.8, 4) is 0 Å². The molecule has 2 amide bonds. The second-order valence-corrected chi connectivity index (χ2v) is 11.1. The molecule has 0 fully saturated rings. The predicted molar refractivity (Wildman–Crippen MR) is 181 cm³/mol. The first kappa shape index (κ1) is 40.3. The molecule has 2 aromatic carbocycles. The largest absolute Gasteiger partial charge is 0.465 e. The van der Waals surface area contributed by atoms with Gasteiger partial charge in [0.25, 0.3) is 0 Å². The molecule has 0 heterocycles. The summed E-state index contributed by atoms with van der Waals surface area (Å²) in [6.45, 7) is 8.72. The Hall–Kier alpha value is -3.76. The van der Waals surface area contributed by atoms with Gasteiger partial charge in [-0.25, -0.2) is 14.4 Å². The Kier molecular flexibility index (Phi) is 22.3. The number of anilines is 2. The molecule has 2 aromatic rings. The summed E-state index contributed by atoms with van der Waals surface area (Å²) in [5.74, 6) is -0.556. The van der Waals surface area contributed by atoms with Gasteiger partial charge in [-0.1, -0.05) is 43.6 Å². The van der Waals surface area contributed by atoms with Crippen molar-refractivity contribution in [1.82, 2.24) is 0 Å². The summed E-state index contributed by atoms with van der Waals surface area (Å²) < 4.78 is 20.2. The number of amides is 2. The van der Waals surface area contributed by atoms with Crippen molar-refractivity contribution in [2.45, 2.75) is 71.6 Å². The number of unbranched alkanes of at least 4 members (excludes halogenated alkanes) is 6. The van der Waals surface area contributed by atoms with Gasteiger partial charge in [0.1, 0.15) is 0 Å². The molecule has 0 aliphatic heterocycles. The lowest BCUT2D eigenvalue weighted by molar-refractivity contribution is -0.148. The lowest BCUT2D eigenvalue weighted by atomic mass is 10.1. The van der Waals surface area contributed by atoms with Gasteiger partial charge in [0.15, 0.2) is 0 Å². The Morgan fingerprint density at radius 3 is 1.39 bits per heavy atom. The van der Waals surface area contributed by atoms with Crippen molar-refractivity contribution in [2.75, 3.05) is 37.1 Å². The zero-order valence-corrected chi connectivity index (χ0v) is 28.2. The van der Waals surface area contributed by atoms with Gasteiger partial charge < -0.3 is 18.9 Å². The summed E-state index contributed by atoms with van der Waals surface area (Å²) in [4.78, 5) is 45.3. The summed E-state index contributed by atoms with van der Waals surface area (Å²) >= 11 is 11.5. The molecule has 0 spiro atoms. The van der Waals surface area contributed by atoms with Crippen LogP contribution in [-0.2, 0) is 28.5 Å². The first-order valence-corrected chi connectivity index (χ1v) is 16.2. The fourth-order valence-corrected chi connectivity index (χ4v) is 3.78. The predicted octanol–water partition coefficient (Wildman–Crippen LogP) is 9.22. The molecule has 1 atom stereocenters. The lowest BCUT2D eigenvalue weighted by Gasteiger charge is -2.09. The van der Waals surface area contributed by atoms with Crippen LogP contribution in [-0.4, -0.2) is 50.6 Å². The molecule has 0 bridgehead atoms. The van der Waals surface area contributed by atoms with E-state index >= 15 is 0 Å². The van der Waals surface area contributed by atoms with Crippen LogP contribution in [0, 0.1) is 5.92 Å². The van der Waals surface area contributed by atoms with Gasteiger partial charge in [-0.05, 0) is 106 Å². The van der Waals surface area contributed by atoms with E-state index in [1.807, 2.05) is 13.8 Å². The molecular weight excluding hydrogens is 635 g/mol. The molecule has 0 saturated carbocycles. The smallest absolute Gasteiger partial charge is 0.411 e. The molecule has 2 rings (SSSR count). The Morgan fingerprint density at radius 2 is 1.02 bits per heavy atom. The molecule has 2 N–H and O–H groups in total. The molecule has 0 radical (unpaired) electrons. The van der Waals surface area contributed by atoms with E-state index in [9.17, 15) is 19.2 Å². The zero-order valence-electron chi connectivity index (χ0n) is 26.7. The van der Waals surface area contributed by atoms with Crippen LogP contribution < -0.4 is 10.6 Å². The maximum absolute atomic E-state index is 11.6. The van der Waals surface area contributed by atoms with Gasteiger partial charge in [0, 0.05) is 27.5 Å². The minimum absolute atomic E-state index is 0.0300. The average molecular weight is 682 g/mol. The molecule has 254 valence electrons. The summed E-state index contributed by atoms with van der Waals surface area (Å²) in [5, 5.41) is 6.47. The molecule has 1 unspecified atom stereocenters. The normalized spacial score (nSPS) is 10.8. The van der Waals surface area contributed by atoms with Crippen molar-refractivity contribution in [2.24, 2.45) is 5.92 Å². The number of rotatable bonds is 19. The van der Waals surface area contributed by atoms with E-state index in [1.54, 1.807) is 48.5 Å². The number of halogens is 2.